The number of halogens is 1. The van der Waals surface area contributed by atoms with Gasteiger partial charge >= 0.3 is 0 Å². The molecule has 1 N–H and O–H groups in total. The van der Waals surface area contributed by atoms with Gasteiger partial charge < -0.3 is 10.2 Å². The zero-order chi connectivity index (χ0) is 15.1. The molecule has 0 radical (unpaired) electrons. The summed E-state index contributed by atoms with van der Waals surface area (Å²) < 4.78 is 0. The van der Waals surface area contributed by atoms with Gasteiger partial charge in [-0.2, -0.15) is 0 Å². The van der Waals surface area contributed by atoms with E-state index in [1.807, 2.05) is 7.05 Å². The van der Waals surface area contributed by atoms with Gasteiger partial charge in [0, 0.05) is 19.0 Å². The lowest BCUT2D eigenvalue weighted by atomic mass is 9.87. The largest absolute Gasteiger partial charge is 0.339 e. The van der Waals surface area contributed by atoms with Crippen molar-refractivity contribution in [3.8, 4) is 0 Å². The molecule has 124 valence electrons. The number of benzene rings is 1. The molecule has 3 nitrogen and oxygen atoms in total. The van der Waals surface area contributed by atoms with E-state index in [1.165, 1.54) is 11.1 Å². The first-order valence-electron chi connectivity index (χ1n) is 8.27. The second kappa shape index (κ2) is 9.86. The third-order valence-electron chi connectivity index (χ3n) is 4.36. The van der Waals surface area contributed by atoms with E-state index in [-0.39, 0.29) is 12.4 Å². The maximum Gasteiger partial charge on any atom is 0.222 e. The summed E-state index contributed by atoms with van der Waals surface area (Å²) in [6.07, 6.45) is 5.86. The maximum atomic E-state index is 12.5. The van der Waals surface area contributed by atoms with Gasteiger partial charge in [-0.05, 0) is 56.8 Å². The van der Waals surface area contributed by atoms with Crippen LogP contribution in [0.1, 0.15) is 43.7 Å². The lowest BCUT2D eigenvalue weighted by Crippen LogP contribution is -2.44. The monoisotopic (exact) mass is 324 g/mol. The summed E-state index contributed by atoms with van der Waals surface area (Å²) in [5.74, 6) is 0.330. The van der Waals surface area contributed by atoms with Crippen LogP contribution in [0.2, 0.25) is 0 Å². The number of nitrogens with one attached hydrogen (secondary N) is 1. The molecule has 0 spiro atoms. The van der Waals surface area contributed by atoms with Gasteiger partial charge in [-0.1, -0.05) is 31.2 Å². The molecule has 4 heteroatoms. The van der Waals surface area contributed by atoms with Crippen molar-refractivity contribution in [1.82, 2.24) is 10.2 Å². The predicted octanol–water partition coefficient (Wildman–Crippen LogP) is 3.20. The van der Waals surface area contributed by atoms with E-state index in [2.05, 4.69) is 41.4 Å². The van der Waals surface area contributed by atoms with E-state index >= 15 is 0 Å². The van der Waals surface area contributed by atoms with Crippen LogP contribution in [0.15, 0.2) is 24.3 Å². The SMILES string of the molecule is CCCN(C(=O)CCCNC)C1CCc2ccccc2C1.Cl. The second-order valence-electron chi connectivity index (χ2n) is 5.96. The number of carbonyl (C=O) groups is 1. The average Bonchev–Trinajstić information content (AvgIpc) is 2.52. The highest BCUT2D eigenvalue weighted by Gasteiger charge is 2.26. The molecule has 1 aromatic carbocycles. The Bertz CT molecular complexity index is 464. The van der Waals surface area contributed by atoms with Crippen LogP contribution in [-0.4, -0.2) is 37.0 Å². The summed E-state index contributed by atoms with van der Waals surface area (Å²) in [5, 5.41) is 3.12. The van der Waals surface area contributed by atoms with Gasteiger partial charge in [0.15, 0.2) is 0 Å². The highest BCUT2D eigenvalue weighted by Crippen LogP contribution is 2.25. The van der Waals surface area contributed by atoms with Gasteiger partial charge in [-0.25, -0.2) is 0 Å². The van der Waals surface area contributed by atoms with Crippen molar-refractivity contribution in [3.05, 3.63) is 35.4 Å². The molecule has 1 atom stereocenters. The Morgan fingerprint density at radius 1 is 1.32 bits per heavy atom. The predicted molar refractivity (Wildman–Crippen MR) is 94.7 cm³/mol. The molecule has 1 aliphatic carbocycles. The van der Waals surface area contributed by atoms with Crippen molar-refractivity contribution < 1.29 is 4.79 Å². The summed E-state index contributed by atoms with van der Waals surface area (Å²) in [7, 11) is 1.94. The normalized spacial score (nSPS) is 16.5. The number of hydrogen-bond acceptors (Lipinski definition) is 2. The van der Waals surface area contributed by atoms with Crippen LogP contribution >= 0.6 is 12.4 Å². The Labute approximate surface area is 140 Å². The van der Waals surface area contributed by atoms with Crippen LogP contribution in [0.4, 0.5) is 0 Å². The molecule has 0 bridgehead atoms. The van der Waals surface area contributed by atoms with Crippen LogP contribution in [0.3, 0.4) is 0 Å². The van der Waals surface area contributed by atoms with Gasteiger partial charge in [0.2, 0.25) is 5.91 Å². The first-order chi connectivity index (χ1) is 10.3. The van der Waals surface area contributed by atoms with Gasteiger partial charge in [0.05, 0.1) is 0 Å². The number of nitrogens with zero attached hydrogens (tertiary/aromatic N) is 1. The van der Waals surface area contributed by atoms with Crippen molar-refractivity contribution in [2.24, 2.45) is 0 Å². The minimum Gasteiger partial charge on any atom is -0.339 e. The summed E-state index contributed by atoms with van der Waals surface area (Å²) in [6.45, 7) is 3.97. The molecular formula is C18H29ClN2O. The Kier molecular flexibility index (Phi) is 8.51. The number of amides is 1. The number of fused-ring (bicyclic) bond motifs is 1. The second-order valence-corrected chi connectivity index (χ2v) is 5.96. The zero-order valence-electron chi connectivity index (χ0n) is 13.8. The smallest absolute Gasteiger partial charge is 0.222 e. The van der Waals surface area contributed by atoms with Crippen molar-refractivity contribution >= 4 is 18.3 Å². The van der Waals surface area contributed by atoms with Crippen LogP contribution in [0, 0.1) is 0 Å². The standard InChI is InChI=1S/C18H28N2O.ClH/c1-3-13-20(18(21)9-6-12-19-2)17-11-10-15-7-4-5-8-16(15)14-17;/h4-5,7-8,17,19H,3,6,9-14H2,1-2H3;1H. The lowest BCUT2D eigenvalue weighted by Gasteiger charge is -2.35. The van der Waals surface area contributed by atoms with Gasteiger partial charge in [-0.3, -0.25) is 4.79 Å². The molecular weight excluding hydrogens is 296 g/mol. The zero-order valence-corrected chi connectivity index (χ0v) is 14.6. The molecule has 0 fully saturated rings. The molecule has 1 aliphatic rings. The Hall–Kier alpha value is -1.06. The minimum atomic E-state index is 0. The highest BCUT2D eigenvalue weighted by molar-refractivity contribution is 5.85. The van der Waals surface area contributed by atoms with Gasteiger partial charge in [0.25, 0.3) is 0 Å². The fraction of sp³-hybridized carbons (Fsp3) is 0.611. The van der Waals surface area contributed by atoms with Crippen molar-refractivity contribution in [2.75, 3.05) is 20.1 Å². The molecule has 2 rings (SSSR count). The van der Waals surface area contributed by atoms with Crippen molar-refractivity contribution in [2.45, 2.75) is 51.5 Å². The molecule has 0 saturated heterocycles. The topological polar surface area (TPSA) is 32.3 Å². The van der Waals surface area contributed by atoms with E-state index in [0.717, 1.165) is 45.2 Å². The maximum absolute atomic E-state index is 12.5. The van der Waals surface area contributed by atoms with E-state index in [1.54, 1.807) is 0 Å². The highest BCUT2D eigenvalue weighted by atomic mass is 35.5. The fourth-order valence-electron chi connectivity index (χ4n) is 3.26. The number of rotatable bonds is 7. The van der Waals surface area contributed by atoms with E-state index in [9.17, 15) is 4.79 Å². The third kappa shape index (κ3) is 4.99. The molecule has 22 heavy (non-hydrogen) atoms. The summed E-state index contributed by atoms with van der Waals surface area (Å²) in [6, 6.07) is 9.06. The molecule has 0 heterocycles. The van der Waals surface area contributed by atoms with E-state index in [4.69, 9.17) is 0 Å². The molecule has 1 aromatic rings. The Morgan fingerprint density at radius 3 is 2.73 bits per heavy atom. The first-order valence-corrected chi connectivity index (χ1v) is 8.27. The lowest BCUT2D eigenvalue weighted by molar-refractivity contribution is -0.133. The number of aryl methyl sites for hydroxylation is 1. The average molecular weight is 325 g/mol. The number of carbonyl (C=O) groups excluding carboxylic acids is 1. The molecule has 0 saturated carbocycles. The third-order valence-corrected chi connectivity index (χ3v) is 4.36. The minimum absolute atomic E-state index is 0. The van der Waals surface area contributed by atoms with Gasteiger partial charge in [-0.15, -0.1) is 12.4 Å². The van der Waals surface area contributed by atoms with Crippen molar-refractivity contribution in [1.29, 1.82) is 0 Å². The fourth-order valence-corrected chi connectivity index (χ4v) is 3.26. The van der Waals surface area contributed by atoms with E-state index < -0.39 is 0 Å². The van der Waals surface area contributed by atoms with Crippen LogP contribution in [0.25, 0.3) is 0 Å². The molecule has 1 amide bonds. The summed E-state index contributed by atoms with van der Waals surface area (Å²) in [4.78, 5) is 14.7. The Balaban J connectivity index is 0.00000242. The van der Waals surface area contributed by atoms with Crippen LogP contribution in [0.5, 0.6) is 0 Å². The van der Waals surface area contributed by atoms with E-state index in [0.29, 0.717) is 18.4 Å². The summed E-state index contributed by atoms with van der Waals surface area (Å²) >= 11 is 0. The molecule has 0 aromatic heterocycles. The van der Waals surface area contributed by atoms with Gasteiger partial charge in [0.1, 0.15) is 0 Å². The Morgan fingerprint density at radius 2 is 2.05 bits per heavy atom. The van der Waals surface area contributed by atoms with Crippen LogP contribution in [-0.2, 0) is 17.6 Å². The summed E-state index contributed by atoms with van der Waals surface area (Å²) in [5.41, 5.74) is 2.89. The quantitative estimate of drug-likeness (QED) is 0.781. The van der Waals surface area contributed by atoms with Crippen LogP contribution < -0.4 is 5.32 Å². The number of hydrogen-bond donors (Lipinski definition) is 1. The van der Waals surface area contributed by atoms with Crippen molar-refractivity contribution in [3.63, 3.8) is 0 Å². The molecule has 1 unspecified atom stereocenters. The first kappa shape index (κ1) is 19.0. The molecule has 0 aliphatic heterocycles.